The molecule has 2 nitrogen and oxygen atoms in total. The van der Waals surface area contributed by atoms with Crippen molar-refractivity contribution in [3.63, 3.8) is 0 Å². The van der Waals surface area contributed by atoms with Crippen molar-refractivity contribution in [3.05, 3.63) is 0 Å². The van der Waals surface area contributed by atoms with Crippen LogP contribution in [0.2, 0.25) is 0 Å². The lowest BCUT2D eigenvalue weighted by atomic mass is 9.57. The average molecular weight is 240 g/mol. The average Bonchev–Trinajstić information content (AvgIpc) is 2.63. The Morgan fingerprint density at radius 2 is 1.71 bits per heavy atom. The number of hydrogen-bond donors (Lipinski definition) is 0. The zero-order valence-corrected chi connectivity index (χ0v) is 12.7. The van der Waals surface area contributed by atoms with Gasteiger partial charge in [0.1, 0.15) is 5.60 Å². The van der Waals surface area contributed by atoms with Gasteiger partial charge in [-0.05, 0) is 38.5 Å². The summed E-state index contributed by atoms with van der Waals surface area (Å²) in [4.78, 5) is 0. The molecular weight excluding hydrogens is 212 g/mol. The Morgan fingerprint density at radius 1 is 1.18 bits per heavy atom. The lowest BCUT2D eigenvalue weighted by molar-refractivity contribution is -0.259. The van der Waals surface area contributed by atoms with E-state index in [1.54, 1.807) is 7.11 Å². The van der Waals surface area contributed by atoms with Gasteiger partial charge in [0.25, 0.3) is 0 Å². The molecule has 0 amide bonds. The first-order valence-electron chi connectivity index (χ1n) is 6.76. The van der Waals surface area contributed by atoms with Crippen LogP contribution in [-0.4, -0.2) is 24.4 Å². The minimum atomic E-state index is -0.243. The summed E-state index contributed by atoms with van der Waals surface area (Å²) >= 11 is 0. The molecule has 0 aromatic heterocycles. The summed E-state index contributed by atoms with van der Waals surface area (Å²) < 4.78 is 12.2. The quantitative estimate of drug-likeness (QED) is 0.733. The van der Waals surface area contributed by atoms with E-state index in [1.807, 2.05) is 0 Å². The largest absolute Gasteiger partial charge is 0.376 e. The Bertz CT molecular complexity index is 330. The first kappa shape index (κ1) is 13.4. The van der Waals surface area contributed by atoms with E-state index in [-0.39, 0.29) is 16.6 Å². The van der Waals surface area contributed by atoms with Gasteiger partial charge in [-0.2, -0.15) is 0 Å². The maximum absolute atomic E-state index is 6.43. The molecule has 0 radical (unpaired) electrons. The lowest BCUT2D eigenvalue weighted by Crippen LogP contribution is -2.63. The monoisotopic (exact) mass is 240 g/mol. The third-order valence-corrected chi connectivity index (χ3v) is 6.49. The molecular formula is C15H28O2. The van der Waals surface area contributed by atoms with Gasteiger partial charge in [0.15, 0.2) is 0 Å². The van der Waals surface area contributed by atoms with E-state index in [2.05, 4.69) is 48.5 Å². The second-order valence-electron chi connectivity index (χ2n) is 7.52. The molecule has 1 aliphatic carbocycles. The predicted molar refractivity (Wildman–Crippen MR) is 70.0 cm³/mol. The number of rotatable bonds is 2. The Kier molecular flexibility index (Phi) is 2.57. The molecule has 1 aliphatic heterocycles. The van der Waals surface area contributed by atoms with Crippen LogP contribution in [0.3, 0.4) is 0 Å². The fourth-order valence-electron chi connectivity index (χ4n) is 4.46. The zero-order chi connectivity index (χ0) is 13.3. The third-order valence-electron chi connectivity index (χ3n) is 6.49. The highest BCUT2D eigenvalue weighted by atomic mass is 16.6. The van der Waals surface area contributed by atoms with E-state index in [9.17, 15) is 0 Å². The molecule has 2 bridgehead atoms. The molecule has 0 spiro atoms. The van der Waals surface area contributed by atoms with Crippen molar-refractivity contribution in [3.8, 4) is 0 Å². The molecule has 2 rings (SSSR count). The summed E-state index contributed by atoms with van der Waals surface area (Å²) in [6.45, 7) is 16.0. The van der Waals surface area contributed by atoms with Gasteiger partial charge in [-0.1, -0.05) is 27.7 Å². The van der Waals surface area contributed by atoms with E-state index in [4.69, 9.17) is 9.47 Å². The SMILES string of the molecule is COC(C)(C)C12CC(C(C)O1)C(C)(C)C2(C)C. The normalized spacial score (nSPS) is 43.1. The summed E-state index contributed by atoms with van der Waals surface area (Å²) in [5, 5.41) is 0. The Labute approximate surface area is 106 Å². The van der Waals surface area contributed by atoms with Crippen molar-refractivity contribution in [1.29, 1.82) is 0 Å². The van der Waals surface area contributed by atoms with Gasteiger partial charge < -0.3 is 9.47 Å². The molecule has 3 unspecified atom stereocenters. The predicted octanol–water partition coefficient (Wildman–Crippen LogP) is 3.64. The molecule has 1 saturated carbocycles. The van der Waals surface area contributed by atoms with Gasteiger partial charge in [0.2, 0.25) is 0 Å². The molecule has 0 aromatic carbocycles. The van der Waals surface area contributed by atoms with Crippen molar-refractivity contribution in [2.75, 3.05) is 7.11 Å². The second-order valence-corrected chi connectivity index (χ2v) is 7.52. The van der Waals surface area contributed by atoms with Crippen molar-refractivity contribution in [2.45, 2.75) is 72.2 Å². The van der Waals surface area contributed by atoms with Crippen LogP contribution in [0.1, 0.15) is 54.9 Å². The van der Waals surface area contributed by atoms with Crippen molar-refractivity contribution >= 4 is 0 Å². The summed E-state index contributed by atoms with van der Waals surface area (Å²) in [5.74, 6) is 0.631. The highest BCUT2D eigenvalue weighted by Crippen LogP contribution is 2.71. The summed E-state index contributed by atoms with van der Waals surface area (Å²) in [5.41, 5.74) is 0.00671. The van der Waals surface area contributed by atoms with Crippen LogP contribution >= 0.6 is 0 Å². The Morgan fingerprint density at radius 3 is 2.12 bits per heavy atom. The van der Waals surface area contributed by atoms with Crippen LogP contribution in [0.15, 0.2) is 0 Å². The fourth-order valence-corrected chi connectivity index (χ4v) is 4.46. The Balaban J connectivity index is 2.55. The van der Waals surface area contributed by atoms with Gasteiger partial charge in [-0.25, -0.2) is 0 Å². The summed E-state index contributed by atoms with van der Waals surface area (Å²) in [6.07, 6.45) is 1.46. The van der Waals surface area contributed by atoms with Crippen molar-refractivity contribution in [2.24, 2.45) is 16.7 Å². The van der Waals surface area contributed by atoms with E-state index >= 15 is 0 Å². The molecule has 0 aromatic rings. The molecule has 2 fully saturated rings. The molecule has 0 N–H and O–H groups in total. The highest BCUT2D eigenvalue weighted by molar-refractivity contribution is 5.23. The maximum atomic E-state index is 6.43. The van der Waals surface area contributed by atoms with Gasteiger partial charge in [0, 0.05) is 12.5 Å². The molecule has 2 aliphatic rings. The molecule has 2 heteroatoms. The number of fused-ring (bicyclic) bond motifs is 2. The molecule has 3 atom stereocenters. The Hall–Kier alpha value is -0.0800. The maximum Gasteiger partial charge on any atom is 0.103 e. The van der Waals surface area contributed by atoms with E-state index < -0.39 is 0 Å². The molecule has 17 heavy (non-hydrogen) atoms. The van der Waals surface area contributed by atoms with Crippen molar-refractivity contribution < 1.29 is 9.47 Å². The van der Waals surface area contributed by atoms with E-state index in [1.165, 1.54) is 0 Å². The topological polar surface area (TPSA) is 18.5 Å². The minimum absolute atomic E-state index is 0.122. The number of ether oxygens (including phenoxy) is 2. The third kappa shape index (κ3) is 1.24. The van der Waals surface area contributed by atoms with Gasteiger partial charge in [-0.3, -0.25) is 0 Å². The standard InChI is InChI=1S/C15H28O2/c1-10-11-9-15(17-10,14(6,7)16-8)13(4,5)12(11,2)3/h10-11H,9H2,1-8H3. The van der Waals surface area contributed by atoms with Crippen LogP contribution in [0.4, 0.5) is 0 Å². The van der Waals surface area contributed by atoms with Gasteiger partial charge >= 0.3 is 0 Å². The van der Waals surface area contributed by atoms with Gasteiger partial charge in [-0.15, -0.1) is 0 Å². The van der Waals surface area contributed by atoms with Crippen LogP contribution in [0, 0.1) is 16.7 Å². The van der Waals surface area contributed by atoms with E-state index in [0.717, 1.165) is 6.42 Å². The lowest BCUT2D eigenvalue weighted by Gasteiger charge is -2.57. The second kappa shape index (κ2) is 3.27. The molecule has 1 heterocycles. The van der Waals surface area contributed by atoms with Crippen LogP contribution in [-0.2, 0) is 9.47 Å². The smallest absolute Gasteiger partial charge is 0.103 e. The molecule has 1 saturated heterocycles. The minimum Gasteiger partial charge on any atom is -0.376 e. The van der Waals surface area contributed by atoms with Gasteiger partial charge in [0.05, 0.1) is 11.7 Å². The zero-order valence-electron chi connectivity index (χ0n) is 12.7. The first-order chi connectivity index (χ1) is 7.53. The van der Waals surface area contributed by atoms with Crippen LogP contribution < -0.4 is 0 Å². The molecule has 100 valence electrons. The van der Waals surface area contributed by atoms with Crippen LogP contribution in [0.25, 0.3) is 0 Å². The summed E-state index contributed by atoms with van der Waals surface area (Å²) in [6, 6.07) is 0. The fraction of sp³-hybridized carbons (Fsp3) is 1.00. The summed E-state index contributed by atoms with van der Waals surface area (Å²) in [7, 11) is 1.80. The highest BCUT2D eigenvalue weighted by Gasteiger charge is 2.74. The number of hydrogen-bond acceptors (Lipinski definition) is 2. The first-order valence-corrected chi connectivity index (χ1v) is 6.76. The van der Waals surface area contributed by atoms with Crippen LogP contribution in [0.5, 0.6) is 0 Å². The number of methoxy groups -OCH3 is 1. The van der Waals surface area contributed by atoms with E-state index in [0.29, 0.717) is 17.4 Å². The van der Waals surface area contributed by atoms with Crippen molar-refractivity contribution in [1.82, 2.24) is 0 Å².